The molecule has 1 heterocycles. The molecule has 0 radical (unpaired) electrons. The fourth-order valence-corrected chi connectivity index (χ4v) is 4.30. The summed E-state index contributed by atoms with van der Waals surface area (Å²) >= 11 is 0. The number of furan rings is 1. The van der Waals surface area contributed by atoms with E-state index in [0.717, 1.165) is 6.42 Å². The zero-order valence-corrected chi connectivity index (χ0v) is 13.8. The minimum atomic E-state index is -1.15. The Morgan fingerprint density at radius 2 is 1.96 bits per heavy atom. The van der Waals surface area contributed by atoms with Crippen LogP contribution < -0.4 is 5.32 Å². The predicted octanol–water partition coefficient (Wildman–Crippen LogP) is 2.91. The van der Waals surface area contributed by atoms with Gasteiger partial charge < -0.3 is 14.5 Å². The van der Waals surface area contributed by atoms with Gasteiger partial charge in [0.15, 0.2) is 5.54 Å². The molecule has 1 aromatic heterocycles. The summed E-state index contributed by atoms with van der Waals surface area (Å²) in [5.41, 5.74) is -0.644. The molecule has 5 nitrogen and oxygen atoms in total. The van der Waals surface area contributed by atoms with Gasteiger partial charge >= 0.3 is 5.97 Å². The van der Waals surface area contributed by atoms with Crippen molar-refractivity contribution in [3.63, 3.8) is 0 Å². The number of rotatable bonds is 4. The van der Waals surface area contributed by atoms with Crippen molar-refractivity contribution in [2.45, 2.75) is 17.9 Å². The summed E-state index contributed by atoms with van der Waals surface area (Å²) in [7, 11) is 1.35. The lowest BCUT2D eigenvalue weighted by Gasteiger charge is -2.39. The molecule has 1 fully saturated rings. The second kappa shape index (κ2) is 5.92. The average Bonchev–Trinajstić information content (AvgIpc) is 3.38. The highest BCUT2D eigenvalue weighted by molar-refractivity contribution is 5.99. The summed E-state index contributed by atoms with van der Waals surface area (Å²) in [5, 5.41) is 3.00. The number of fused-ring (bicyclic) bond motifs is 2. The zero-order chi connectivity index (χ0) is 17.4. The summed E-state index contributed by atoms with van der Waals surface area (Å²) in [4.78, 5) is 25.7. The third-order valence-corrected chi connectivity index (χ3v) is 5.35. The van der Waals surface area contributed by atoms with E-state index in [1.807, 2.05) is 18.2 Å². The molecule has 2 bridgehead atoms. The number of hydrogen-bond donors (Lipinski definition) is 1. The molecule has 0 spiro atoms. The number of benzene rings is 1. The van der Waals surface area contributed by atoms with Gasteiger partial charge in [-0.05, 0) is 36.6 Å². The summed E-state index contributed by atoms with van der Waals surface area (Å²) in [6, 6.07) is 12.5. The summed E-state index contributed by atoms with van der Waals surface area (Å²) in [6.07, 6.45) is 6.49. The van der Waals surface area contributed by atoms with Crippen molar-refractivity contribution in [1.82, 2.24) is 5.32 Å². The van der Waals surface area contributed by atoms with Gasteiger partial charge in [0.1, 0.15) is 5.76 Å². The molecule has 0 saturated heterocycles. The van der Waals surface area contributed by atoms with E-state index in [0.29, 0.717) is 11.3 Å². The first kappa shape index (κ1) is 15.7. The van der Waals surface area contributed by atoms with Crippen molar-refractivity contribution in [1.29, 1.82) is 0 Å². The molecule has 128 valence electrons. The van der Waals surface area contributed by atoms with Crippen LogP contribution in [0.25, 0.3) is 0 Å². The number of carbonyl (C=O) groups is 2. The Morgan fingerprint density at radius 3 is 2.64 bits per heavy atom. The Bertz CT molecular complexity index is 811. The SMILES string of the molecule is COC(=O)[C@@]1(NC(=O)c2ccccc2)[C@H](c2ccco2)[C@@H]2C=C[C@H]1C2. The van der Waals surface area contributed by atoms with Crippen LogP contribution in [0.15, 0.2) is 65.3 Å². The van der Waals surface area contributed by atoms with Gasteiger partial charge in [0, 0.05) is 11.5 Å². The lowest BCUT2D eigenvalue weighted by atomic mass is 9.74. The van der Waals surface area contributed by atoms with Crippen molar-refractivity contribution >= 4 is 11.9 Å². The molecular formula is C20H19NO4. The fraction of sp³-hybridized carbons (Fsp3) is 0.300. The molecule has 4 atom stereocenters. The van der Waals surface area contributed by atoms with Crippen LogP contribution in [0.1, 0.15) is 28.5 Å². The van der Waals surface area contributed by atoms with Crippen molar-refractivity contribution in [2.75, 3.05) is 7.11 Å². The molecule has 1 N–H and O–H groups in total. The maximum atomic E-state index is 12.9. The molecule has 5 heteroatoms. The number of amides is 1. The van der Waals surface area contributed by atoms with Gasteiger partial charge in [0.05, 0.1) is 19.3 Å². The number of hydrogen-bond acceptors (Lipinski definition) is 4. The molecule has 2 aliphatic rings. The van der Waals surface area contributed by atoms with Crippen LogP contribution in [0.4, 0.5) is 0 Å². The predicted molar refractivity (Wildman–Crippen MR) is 90.8 cm³/mol. The molecule has 1 aromatic carbocycles. The molecular weight excluding hydrogens is 318 g/mol. The minimum Gasteiger partial charge on any atom is -0.469 e. The third kappa shape index (κ3) is 2.30. The first-order chi connectivity index (χ1) is 12.2. The molecule has 0 unspecified atom stereocenters. The van der Waals surface area contributed by atoms with Crippen LogP contribution >= 0.6 is 0 Å². The van der Waals surface area contributed by atoms with Gasteiger partial charge in [-0.1, -0.05) is 30.4 Å². The van der Waals surface area contributed by atoms with E-state index >= 15 is 0 Å². The lowest BCUT2D eigenvalue weighted by Crippen LogP contribution is -2.61. The van der Waals surface area contributed by atoms with Crippen LogP contribution in [-0.2, 0) is 9.53 Å². The highest BCUT2D eigenvalue weighted by atomic mass is 16.5. The van der Waals surface area contributed by atoms with Gasteiger partial charge in [-0.25, -0.2) is 4.79 Å². The molecule has 0 aliphatic heterocycles. The largest absolute Gasteiger partial charge is 0.469 e. The van der Waals surface area contributed by atoms with E-state index in [9.17, 15) is 9.59 Å². The van der Waals surface area contributed by atoms with E-state index in [-0.39, 0.29) is 23.7 Å². The standard InChI is InChI=1S/C20H19NO4/c1-24-19(23)20(21-18(22)13-6-3-2-4-7-13)15-10-9-14(12-15)17(20)16-8-5-11-25-16/h2-11,14-15,17H,12H2,1H3,(H,21,22)/t14-,15+,17+,20+/m1/s1. The second-order valence-corrected chi connectivity index (χ2v) is 6.56. The number of methoxy groups -OCH3 is 1. The van der Waals surface area contributed by atoms with Crippen LogP contribution in [0.3, 0.4) is 0 Å². The van der Waals surface area contributed by atoms with Crippen molar-refractivity contribution < 1.29 is 18.7 Å². The maximum Gasteiger partial charge on any atom is 0.333 e. The molecule has 1 saturated carbocycles. The van der Waals surface area contributed by atoms with E-state index in [2.05, 4.69) is 11.4 Å². The zero-order valence-electron chi connectivity index (χ0n) is 13.8. The molecule has 1 amide bonds. The van der Waals surface area contributed by atoms with E-state index in [1.54, 1.807) is 36.6 Å². The van der Waals surface area contributed by atoms with Crippen LogP contribution in [0.5, 0.6) is 0 Å². The molecule has 25 heavy (non-hydrogen) atoms. The van der Waals surface area contributed by atoms with Crippen LogP contribution in [-0.4, -0.2) is 24.5 Å². The summed E-state index contributed by atoms with van der Waals surface area (Å²) < 4.78 is 10.7. The first-order valence-electron chi connectivity index (χ1n) is 8.34. The number of ether oxygens (including phenoxy) is 1. The fourth-order valence-electron chi connectivity index (χ4n) is 4.30. The van der Waals surface area contributed by atoms with E-state index < -0.39 is 11.5 Å². The van der Waals surface area contributed by atoms with Gasteiger partial charge in [-0.15, -0.1) is 0 Å². The maximum absolute atomic E-state index is 12.9. The van der Waals surface area contributed by atoms with Crippen molar-refractivity contribution in [3.8, 4) is 0 Å². The van der Waals surface area contributed by atoms with Crippen molar-refractivity contribution in [3.05, 3.63) is 72.2 Å². The quantitative estimate of drug-likeness (QED) is 0.688. The van der Waals surface area contributed by atoms with E-state index in [4.69, 9.17) is 9.15 Å². The normalized spacial score (nSPS) is 29.6. The number of allylic oxidation sites excluding steroid dienone is 1. The Hall–Kier alpha value is -2.82. The molecule has 4 rings (SSSR count). The average molecular weight is 337 g/mol. The Kier molecular flexibility index (Phi) is 3.71. The highest BCUT2D eigenvalue weighted by Gasteiger charge is 2.63. The van der Waals surface area contributed by atoms with E-state index in [1.165, 1.54) is 7.11 Å². The smallest absolute Gasteiger partial charge is 0.333 e. The van der Waals surface area contributed by atoms with Crippen LogP contribution in [0.2, 0.25) is 0 Å². The Balaban J connectivity index is 1.78. The third-order valence-electron chi connectivity index (χ3n) is 5.35. The minimum absolute atomic E-state index is 0.118. The highest BCUT2D eigenvalue weighted by Crippen LogP contribution is 2.56. The van der Waals surface area contributed by atoms with Crippen LogP contribution in [0, 0.1) is 11.8 Å². The second-order valence-electron chi connectivity index (χ2n) is 6.56. The monoisotopic (exact) mass is 337 g/mol. The van der Waals surface area contributed by atoms with Gasteiger partial charge in [0.25, 0.3) is 5.91 Å². The topological polar surface area (TPSA) is 68.5 Å². The lowest BCUT2D eigenvalue weighted by molar-refractivity contribution is -0.150. The Morgan fingerprint density at radius 1 is 1.16 bits per heavy atom. The van der Waals surface area contributed by atoms with Gasteiger partial charge in [0.2, 0.25) is 0 Å². The number of esters is 1. The van der Waals surface area contributed by atoms with Gasteiger partial charge in [-0.3, -0.25) is 4.79 Å². The summed E-state index contributed by atoms with van der Waals surface area (Å²) in [5.74, 6) is -0.300. The molecule has 2 aromatic rings. The summed E-state index contributed by atoms with van der Waals surface area (Å²) in [6.45, 7) is 0. The Labute approximate surface area is 145 Å². The van der Waals surface area contributed by atoms with Crippen molar-refractivity contribution in [2.24, 2.45) is 11.8 Å². The first-order valence-corrected chi connectivity index (χ1v) is 8.34. The number of carbonyl (C=O) groups excluding carboxylic acids is 2. The van der Waals surface area contributed by atoms with Gasteiger partial charge in [-0.2, -0.15) is 0 Å². The number of nitrogens with one attached hydrogen (secondary N) is 1. The molecule has 2 aliphatic carbocycles.